The Morgan fingerprint density at radius 2 is 1.63 bits per heavy atom. The highest BCUT2D eigenvalue weighted by Gasteiger charge is 2.83. The van der Waals surface area contributed by atoms with Gasteiger partial charge in [0, 0.05) is 24.2 Å². The van der Waals surface area contributed by atoms with Crippen LogP contribution in [-0.4, -0.2) is 92.7 Å². The van der Waals surface area contributed by atoms with Crippen molar-refractivity contribution in [3.8, 4) is 0 Å². The number of aliphatic hydroxyl groups is 3. The highest BCUT2D eigenvalue weighted by atomic mass is 16.6. The SMILES string of the molecule is CC(=O)O[C@@]12CO[C@@H]1CC1C[C@@]13C(=O)[C@H](O)C1=C(C)[C@@H](CC(=O)[C@H](O)[C@@H](NC(=O)OC(C)(C)C)c4ccccc4)C[C@@](O)([C@@H](OC(=O)c4ccccc4)[C@H]23)C1(C)C. The fourth-order valence-electron chi connectivity index (χ4n) is 10.6. The van der Waals surface area contributed by atoms with Crippen molar-refractivity contribution in [3.05, 3.63) is 82.9 Å². The molecule has 7 rings (SSSR count). The largest absolute Gasteiger partial charge is 0.455 e. The fraction of sp³-hybridized carbons (Fsp3) is 0.568. The zero-order chi connectivity index (χ0) is 41.5. The summed E-state index contributed by atoms with van der Waals surface area (Å²) in [6.45, 7) is 11.2. The number of carbonyl (C=O) groups excluding carboxylic acids is 5. The van der Waals surface area contributed by atoms with Gasteiger partial charge >= 0.3 is 18.0 Å². The number of alkyl carbamates (subject to hydrolysis) is 1. The highest BCUT2D eigenvalue weighted by molar-refractivity contribution is 5.96. The van der Waals surface area contributed by atoms with E-state index >= 15 is 0 Å². The molecule has 306 valence electrons. The molecule has 2 aromatic carbocycles. The van der Waals surface area contributed by atoms with Crippen LogP contribution in [0.3, 0.4) is 0 Å². The Hall–Kier alpha value is -4.43. The van der Waals surface area contributed by atoms with Gasteiger partial charge in [-0.1, -0.05) is 68.0 Å². The first-order valence-electron chi connectivity index (χ1n) is 19.7. The monoisotopic (exact) mass is 787 g/mol. The number of benzene rings is 2. The van der Waals surface area contributed by atoms with Gasteiger partial charge in [0.25, 0.3) is 0 Å². The van der Waals surface area contributed by atoms with Crippen molar-refractivity contribution in [1.82, 2.24) is 5.32 Å². The van der Waals surface area contributed by atoms with Crippen LogP contribution in [0.1, 0.15) is 96.1 Å². The van der Waals surface area contributed by atoms with Gasteiger partial charge in [0.1, 0.15) is 35.6 Å². The lowest BCUT2D eigenvalue weighted by molar-refractivity contribution is -0.322. The molecule has 3 saturated carbocycles. The average molecular weight is 788 g/mol. The molecule has 0 radical (unpaired) electrons. The molecule has 1 saturated heterocycles. The number of allylic oxidation sites excluding steroid dienone is 1. The number of carbonyl (C=O) groups is 5. The second kappa shape index (κ2) is 14.1. The second-order valence-electron chi connectivity index (χ2n) is 18.2. The molecule has 1 spiro atoms. The molecule has 4 N–H and O–H groups in total. The standard InChI is InChI=1S/C44H53NO12/c1-23-27(18-29(47)33(48)32(25-14-10-8-11-15-25)45-39(52)57-40(3,4)5)20-44(53)37(55-38(51)26-16-12-9-13-17-26)35-42(36(50)34(49)31(23)41(44,6)7)21-28(42)19-30-43(35,22-54-30)56-24(2)46/h8-17,27-28,30,32-35,37,48-49,53H,18-22H2,1-7H3,(H,45,52)/t27-,28?,30+,32-,33-,34+,35-,37-,42+,43-,44+/m0/s1. The van der Waals surface area contributed by atoms with E-state index in [9.17, 15) is 39.3 Å². The topological polar surface area (TPSA) is 195 Å². The van der Waals surface area contributed by atoms with Gasteiger partial charge in [0.2, 0.25) is 0 Å². The third-order valence-corrected chi connectivity index (χ3v) is 13.4. The Morgan fingerprint density at radius 1 is 1.00 bits per heavy atom. The molecule has 0 aromatic heterocycles. The van der Waals surface area contributed by atoms with Crippen LogP contribution < -0.4 is 5.32 Å². The van der Waals surface area contributed by atoms with Crippen LogP contribution in [0.4, 0.5) is 4.79 Å². The summed E-state index contributed by atoms with van der Waals surface area (Å²) in [5.74, 6) is -4.95. The molecular formula is C44H53NO12. The molecule has 13 heteroatoms. The number of aliphatic hydroxyl groups excluding tert-OH is 2. The van der Waals surface area contributed by atoms with E-state index in [2.05, 4.69) is 5.32 Å². The summed E-state index contributed by atoms with van der Waals surface area (Å²) >= 11 is 0. The van der Waals surface area contributed by atoms with E-state index in [4.69, 9.17) is 18.9 Å². The third-order valence-electron chi connectivity index (χ3n) is 13.4. The quantitative estimate of drug-likeness (QED) is 0.158. The number of Topliss-reactive ketones (excluding diaryl/α,β-unsaturated/α-hetero) is 2. The first-order valence-corrected chi connectivity index (χ1v) is 19.7. The van der Waals surface area contributed by atoms with Crippen molar-refractivity contribution < 1.29 is 58.2 Å². The van der Waals surface area contributed by atoms with Gasteiger partial charge in [-0.05, 0) is 82.1 Å². The van der Waals surface area contributed by atoms with Crippen LogP contribution in [-0.2, 0) is 33.3 Å². The van der Waals surface area contributed by atoms with Gasteiger partial charge in [-0.25, -0.2) is 9.59 Å². The summed E-state index contributed by atoms with van der Waals surface area (Å²) < 4.78 is 24.0. The summed E-state index contributed by atoms with van der Waals surface area (Å²) in [7, 11) is 0. The smallest absolute Gasteiger partial charge is 0.408 e. The van der Waals surface area contributed by atoms with E-state index < -0.39 is 99.5 Å². The summed E-state index contributed by atoms with van der Waals surface area (Å²) in [6, 6.07) is 15.5. The fourth-order valence-corrected chi connectivity index (χ4v) is 10.6. The number of esters is 2. The number of amides is 1. The number of ether oxygens (including phenoxy) is 4. The Balaban J connectivity index is 1.32. The summed E-state index contributed by atoms with van der Waals surface area (Å²) in [5, 5.41) is 40.1. The maximum absolute atomic E-state index is 15.0. The molecule has 4 aliphatic carbocycles. The lowest BCUT2D eigenvalue weighted by Gasteiger charge is -2.64. The van der Waals surface area contributed by atoms with E-state index in [-0.39, 0.29) is 36.5 Å². The predicted molar refractivity (Wildman–Crippen MR) is 203 cm³/mol. The number of fused-ring (bicyclic) bond motifs is 4. The van der Waals surface area contributed by atoms with Gasteiger partial charge in [0.15, 0.2) is 17.2 Å². The minimum atomic E-state index is -2.08. The van der Waals surface area contributed by atoms with Gasteiger partial charge in [-0.2, -0.15) is 0 Å². The van der Waals surface area contributed by atoms with Crippen molar-refractivity contribution in [3.63, 3.8) is 0 Å². The van der Waals surface area contributed by atoms with E-state index in [0.717, 1.165) is 0 Å². The lowest BCUT2D eigenvalue weighted by Crippen LogP contribution is -2.77. The number of hydrogen-bond donors (Lipinski definition) is 4. The van der Waals surface area contributed by atoms with E-state index in [0.29, 0.717) is 24.0 Å². The van der Waals surface area contributed by atoms with E-state index in [1.165, 1.54) is 6.92 Å². The van der Waals surface area contributed by atoms with Gasteiger partial charge in [0.05, 0.1) is 24.1 Å². The van der Waals surface area contributed by atoms with Crippen LogP contribution in [0.2, 0.25) is 0 Å². The van der Waals surface area contributed by atoms with Crippen molar-refractivity contribution in [2.75, 3.05) is 6.61 Å². The molecule has 5 aliphatic rings. The van der Waals surface area contributed by atoms with Crippen LogP contribution in [0, 0.1) is 28.6 Å². The highest BCUT2D eigenvalue weighted by Crippen LogP contribution is 2.74. The molecule has 2 aromatic rings. The molecule has 1 unspecified atom stereocenters. The van der Waals surface area contributed by atoms with E-state index in [1.807, 2.05) is 0 Å². The van der Waals surface area contributed by atoms with Crippen molar-refractivity contribution in [2.45, 2.75) is 121 Å². The number of rotatable bonds is 9. The molecule has 13 nitrogen and oxygen atoms in total. The average Bonchev–Trinajstić information content (AvgIpc) is 3.87. The van der Waals surface area contributed by atoms with Crippen LogP contribution in [0.25, 0.3) is 0 Å². The number of nitrogens with one attached hydrogen (secondary N) is 1. The second-order valence-corrected chi connectivity index (χ2v) is 18.2. The Bertz CT molecular complexity index is 1990. The molecule has 11 atom stereocenters. The molecule has 2 bridgehead atoms. The molecule has 1 aliphatic heterocycles. The number of hydrogen-bond acceptors (Lipinski definition) is 12. The lowest BCUT2D eigenvalue weighted by atomic mass is 9.47. The van der Waals surface area contributed by atoms with Gasteiger partial charge in [-0.15, -0.1) is 0 Å². The van der Waals surface area contributed by atoms with Gasteiger partial charge < -0.3 is 39.6 Å². The minimum absolute atomic E-state index is 0.114. The summed E-state index contributed by atoms with van der Waals surface area (Å²) in [5.41, 5.74) is -5.85. The first-order chi connectivity index (χ1) is 26.7. The Labute approximate surface area is 332 Å². The zero-order valence-electron chi connectivity index (χ0n) is 33.4. The first kappa shape index (κ1) is 40.8. The maximum Gasteiger partial charge on any atom is 0.408 e. The minimum Gasteiger partial charge on any atom is -0.455 e. The van der Waals surface area contributed by atoms with Crippen LogP contribution >= 0.6 is 0 Å². The maximum atomic E-state index is 15.0. The summed E-state index contributed by atoms with van der Waals surface area (Å²) in [6.07, 6.45) is -6.39. The zero-order valence-corrected chi connectivity index (χ0v) is 33.4. The van der Waals surface area contributed by atoms with Crippen molar-refractivity contribution in [1.29, 1.82) is 0 Å². The molecule has 4 fully saturated rings. The Morgan fingerprint density at radius 3 is 2.21 bits per heavy atom. The number of ketones is 2. The van der Waals surface area contributed by atoms with Crippen LogP contribution in [0.15, 0.2) is 71.8 Å². The van der Waals surface area contributed by atoms with Crippen molar-refractivity contribution >= 4 is 29.6 Å². The predicted octanol–water partition coefficient (Wildman–Crippen LogP) is 4.56. The third kappa shape index (κ3) is 6.60. The van der Waals surface area contributed by atoms with Crippen LogP contribution in [0.5, 0.6) is 0 Å². The summed E-state index contributed by atoms with van der Waals surface area (Å²) in [4.78, 5) is 69.2. The van der Waals surface area contributed by atoms with E-state index in [1.54, 1.807) is 102 Å². The Kier molecular flexibility index (Phi) is 10.1. The molecule has 1 heterocycles. The van der Waals surface area contributed by atoms with Gasteiger partial charge in [-0.3, -0.25) is 14.4 Å². The van der Waals surface area contributed by atoms with Crippen molar-refractivity contribution in [2.24, 2.45) is 28.6 Å². The normalized spacial score (nSPS) is 34.7. The molecule has 57 heavy (non-hydrogen) atoms. The molecule has 1 amide bonds. The molecular weight excluding hydrogens is 734 g/mol.